The fourth-order valence-corrected chi connectivity index (χ4v) is 4.18. The summed E-state index contributed by atoms with van der Waals surface area (Å²) in [6, 6.07) is 11.3. The Morgan fingerprint density at radius 1 is 1.14 bits per heavy atom. The first-order chi connectivity index (χ1) is 13.6. The maximum absolute atomic E-state index is 12.6. The number of hydrogen-bond acceptors (Lipinski definition) is 5. The van der Waals surface area contributed by atoms with Gasteiger partial charge >= 0.3 is 0 Å². The predicted octanol–water partition coefficient (Wildman–Crippen LogP) is 3.28. The van der Waals surface area contributed by atoms with Crippen LogP contribution in [-0.2, 0) is 14.8 Å². The number of anilines is 1. The van der Waals surface area contributed by atoms with Gasteiger partial charge in [-0.1, -0.05) is 29.8 Å². The Morgan fingerprint density at radius 2 is 1.79 bits per heavy atom. The van der Waals surface area contributed by atoms with Crippen LogP contribution in [0.3, 0.4) is 0 Å². The minimum Gasteiger partial charge on any atom is -0.496 e. The highest BCUT2D eigenvalue weighted by atomic mass is 35.5. The molecule has 0 aliphatic rings. The van der Waals surface area contributed by atoms with Crippen molar-refractivity contribution >= 4 is 33.2 Å². The zero-order chi connectivity index (χ0) is 21.8. The molecule has 0 fully saturated rings. The summed E-state index contributed by atoms with van der Waals surface area (Å²) in [6.45, 7) is 3.67. The van der Waals surface area contributed by atoms with Gasteiger partial charge in [0.2, 0.25) is 15.9 Å². The van der Waals surface area contributed by atoms with Crippen LogP contribution in [0.25, 0.3) is 0 Å². The summed E-state index contributed by atoms with van der Waals surface area (Å²) in [5, 5.41) is 6.04. The lowest BCUT2D eigenvalue weighted by Gasteiger charge is -2.22. The predicted molar refractivity (Wildman–Crippen MR) is 115 cm³/mol. The Balaban J connectivity index is 2.14. The first kappa shape index (κ1) is 23.2. The van der Waals surface area contributed by atoms with Gasteiger partial charge in [0, 0.05) is 31.4 Å². The number of hydrogen-bond donors (Lipinski definition) is 2. The molecule has 0 radical (unpaired) electrons. The molecule has 2 N–H and O–H groups in total. The smallest absolute Gasteiger partial charge is 0.244 e. The summed E-state index contributed by atoms with van der Waals surface area (Å²) in [7, 11) is 0.708. The molecular weight excluding hydrogens is 414 g/mol. The van der Waals surface area contributed by atoms with Crippen LogP contribution < -0.4 is 15.4 Å². The molecule has 2 rings (SSSR count). The molecule has 9 heteroatoms. The molecule has 29 heavy (non-hydrogen) atoms. The van der Waals surface area contributed by atoms with Crippen LogP contribution in [-0.4, -0.2) is 45.9 Å². The van der Waals surface area contributed by atoms with Gasteiger partial charge in [-0.2, -0.15) is 0 Å². The third-order valence-corrected chi connectivity index (χ3v) is 6.75. The third-order valence-electron chi connectivity index (χ3n) is 4.46. The summed E-state index contributed by atoms with van der Waals surface area (Å²) < 4.78 is 31.2. The second-order valence-electron chi connectivity index (χ2n) is 6.77. The average molecular weight is 440 g/mol. The fraction of sp³-hybridized carbons (Fsp3) is 0.350. The number of nitrogens with one attached hydrogen (secondary N) is 2. The number of nitrogens with zero attached hydrogens (tertiary/aromatic N) is 1. The van der Waals surface area contributed by atoms with Crippen molar-refractivity contribution in [3.05, 3.63) is 53.1 Å². The average Bonchev–Trinajstić information content (AvgIpc) is 2.68. The minimum absolute atomic E-state index is 0.0648. The Labute approximate surface area is 177 Å². The molecule has 0 aliphatic carbocycles. The highest BCUT2D eigenvalue weighted by Crippen LogP contribution is 2.27. The summed E-state index contributed by atoms with van der Waals surface area (Å²) in [4.78, 5) is 12.6. The van der Waals surface area contributed by atoms with E-state index in [1.165, 1.54) is 26.2 Å². The van der Waals surface area contributed by atoms with E-state index in [-0.39, 0.29) is 21.9 Å². The SMILES string of the molecule is COc1ccccc1[C@H](C)N[C@H](C)C(=O)Nc1ccc(Cl)c(S(=O)(=O)N(C)C)c1. The van der Waals surface area contributed by atoms with Crippen molar-refractivity contribution in [2.45, 2.75) is 30.8 Å². The van der Waals surface area contributed by atoms with Gasteiger partial charge in [0.1, 0.15) is 10.6 Å². The van der Waals surface area contributed by atoms with Crippen LogP contribution in [0.2, 0.25) is 5.02 Å². The number of amides is 1. The van der Waals surface area contributed by atoms with Gasteiger partial charge in [-0.3, -0.25) is 10.1 Å². The second-order valence-corrected chi connectivity index (χ2v) is 9.30. The fourth-order valence-electron chi connectivity index (χ4n) is 2.79. The van der Waals surface area contributed by atoms with E-state index < -0.39 is 16.1 Å². The van der Waals surface area contributed by atoms with Crippen LogP contribution in [0, 0.1) is 0 Å². The van der Waals surface area contributed by atoms with Crippen molar-refractivity contribution in [3.63, 3.8) is 0 Å². The van der Waals surface area contributed by atoms with Gasteiger partial charge in [-0.15, -0.1) is 0 Å². The van der Waals surface area contributed by atoms with Gasteiger partial charge in [0.05, 0.1) is 18.2 Å². The van der Waals surface area contributed by atoms with Crippen LogP contribution in [0.5, 0.6) is 5.75 Å². The maximum atomic E-state index is 12.6. The molecule has 0 spiro atoms. The number of sulfonamides is 1. The molecule has 158 valence electrons. The molecule has 2 aromatic rings. The highest BCUT2D eigenvalue weighted by molar-refractivity contribution is 7.89. The van der Waals surface area contributed by atoms with Crippen molar-refractivity contribution in [2.24, 2.45) is 0 Å². The van der Waals surface area contributed by atoms with Gasteiger partial charge in [0.15, 0.2) is 0 Å². The van der Waals surface area contributed by atoms with Crippen LogP contribution in [0.4, 0.5) is 5.69 Å². The molecule has 2 aromatic carbocycles. The van der Waals surface area contributed by atoms with E-state index in [9.17, 15) is 13.2 Å². The zero-order valence-electron chi connectivity index (χ0n) is 17.1. The van der Waals surface area contributed by atoms with Crippen molar-refractivity contribution < 1.29 is 17.9 Å². The van der Waals surface area contributed by atoms with Gasteiger partial charge in [0.25, 0.3) is 0 Å². The van der Waals surface area contributed by atoms with E-state index in [2.05, 4.69) is 10.6 Å². The van der Waals surface area contributed by atoms with E-state index in [0.29, 0.717) is 5.69 Å². The van der Waals surface area contributed by atoms with Crippen LogP contribution >= 0.6 is 11.6 Å². The highest BCUT2D eigenvalue weighted by Gasteiger charge is 2.23. The molecule has 0 saturated carbocycles. The molecular formula is C20H26ClN3O4S. The molecule has 0 aromatic heterocycles. The Hall–Kier alpha value is -2.13. The Morgan fingerprint density at radius 3 is 2.41 bits per heavy atom. The summed E-state index contributed by atoms with van der Waals surface area (Å²) in [6.07, 6.45) is 0. The lowest BCUT2D eigenvalue weighted by atomic mass is 10.1. The number of rotatable bonds is 8. The lowest BCUT2D eigenvalue weighted by Crippen LogP contribution is -2.39. The molecule has 0 aliphatic heterocycles. The van der Waals surface area contributed by atoms with Crippen LogP contribution in [0.15, 0.2) is 47.4 Å². The van der Waals surface area contributed by atoms with Crippen molar-refractivity contribution in [1.82, 2.24) is 9.62 Å². The molecule has 0 bridgehead atoms. The van der Waals surface area contributed by atoms with Gasteiger partial charge in [-0.25, -0.2) is 12.7 Å². The first-order valence-corrected chi connectivity index (χ1v) is 10.8. The standard InChI is InChI=1S/C20H26ClN3O4S/c1-13(16-8-6-7-9-18(16)28-5)22-14(2)20(25)23-15-10-11-17(21)19(12-15)29(26,27)24(3)4/h6-14,22H,1-5H3,(H,23,25)/t13-,14+/m0/s1. The monoisotopic (exact) mass is 439 g/mol. The molecule has 2 atom stereocenters. The molecule has 0 saturated heterocycles. The molecule has 1 amide bonds. The summed E-state index contributed by atoms with van der Waals surface area (Å²) >= 11 is 6.05. The normalized spacial score (nSPS) is 13.8. The molecule has 7 nitrogen and oxygen atoms in total. The molecule has 0 unspecified atom stereocenters. The van der Waals surface area contributed by atoms with E-state index >= 15 is 0 Å². The summed E-state index contributed by atoms with van der Waals surface area (Å²) in [5.74, 6) is 0.429. The van der Waals surface area contributed by atoms with Crippen molar-refractivity contribution in [1.29, 1.82) is 0 Å². The zero-order valence-corrected chi connectivity index (χ0v) is 18.6. The lowest BCUT2D eigenvalue weighted by molar-refractivity contribution is -0.117. The number of carbonyl (C=O) groups excluding carboxylic acids is 1. The number of methoxy groups -OCH3 is 1. The van der Waals surface area contributed by atoms with Gasteiger partial charge in [-0.05, 0) is 38.1 Å². The first-order valence-electron chi connectivity index (χ1n) is 8.99. The summed E-state index contributed by atoms with van der Waals surface area (Å²) in [5.41, 5.74) is 1.28. The third kappa shape index (κ3) is 5.48. The number of carbonyl (C=O) groups is 1. The number of halogens is 1. The van der Waals surface area contributed by atoms with E-state index in [4.69, 9.17) is 16.3 Å². The Kier molecular flexibility index (Phi) is 7.65. The van der Waals surface area contributed by atoms with Crippen molar-refractivity contribution in [2.75, 3.05) is 26.5 Å². The van der Waals surface area contributed by atoms with E-state index in [1.54, 1.807) is 20.1 Å². The van der Waals surface area contributed by atoms with Gasteiger partial charge < -0.3 is 10.1 Å². The number of benzene rings is 2. The quantitative estimate of drug-likeness (QED) is 0.659. The number of ether oxygens (including phenoxy) is 1. The van der Waals surface area contributed by atoms with Crippen molar-refractivity contribution in [3.8, 4) is 5.75 Å². The van der Waals surface area contributed by atoms with E-state index in [1.807, 2.05) is 31.2 Å². The largest absolute Gasteiger partial charge is 0.496 e. The van der Waals surface area contributed by atoms with Crippen LogP contribution in [0.1, 0.15) is 25.5 Å². The molecule has 0 heterocycles. The topological polar surface area (TPSA) is 87.7 Å². The number of para-hydroxylation sites is 1. The maximum Gasteiger partial charge on any atom is 0.244 e. The van der Waals surface area contributed by atoms with E-state index in [0.717, 1.165) is 15.6 Å². The minimum atomic E-state index is -3.73. The Bertz CT molecular complexity index is 979. The second kappa shape index (κ2) is 9.58.